The van der Waals surface area contributed by atoms with Gasteiger partial charge in [0.2, 0.25) is 0 Å². The summed E-state index contributed by atoms with van der Waals surface area (Å²) in [5.41, 5.74) is -1.15. The normalized spacial score (nSPS) is 38.5. The van der Waals surface area contributed by atoms with Crippen molar-refractivity contribution in [3.8, 4) is 0 Å². The molecule has 0 aromatic rings. The molecule has 0 bridgehead atoms. The van der Waals surface area contributed by atoms with Crippen molar-refractivity contribution in [3.63, 3.8) is 0 Å². The van der Waals surface area contributed by atoms with Crippen molar-refractivity contribution in [1.29, 1.82) is 0 Å². The average molecular weight is 160 g/mol. The van der Waals surface area contributed by atoms with Gasteiger partial charge in [-0.05, 0) is 13.8 Å². The number of hydrogen-bond acceptors (Lipinski definition) is 3. The lowest BCUT2D eigenvalue weighted by Gasteiger charge is -2.32. The maximum atomic E-state index is 10.6. The summed E-state index contributed by atoms with van der Waals surface area (Å²) in [6.45, 7) is 3.84. The van der Waals surface area contributed by atoms with Gasteiger partial charge in [-0.25, -0.2) is 4.79 Å². The largest absolute Gasteiger partial charge is 0.479 e. The third-order valence-corrected chi connectivity index (χ3v) is 1.73. The molecular weight excluding hydrogens is 148 g/mol. The molecule has 2 unspecified atom stereocenters. The van der Waals surface area contributed by atoms with Crippen molar-refractivity contribution in [2.45, 2.75) is 25.6 Å². The zero-order valence-electron chi connectivity index (χ0n) is 6.66. The molecule has 1 saturated heterocycles. The van der Waals surface area contributed by atoms with Crippen molar-refractivity contribution < 1.29 is 19.4 Å². The van der Waals surface area contributed by atoms with Gasteiger partial charge in [0.1, 0.15) is 0 Å². The van der Waals surface area contributed by atoms with E-state index in [1.807, 2.05) is 6.92 Å². The molecule has 0 aliphatic carbocycles. The average Bonchev–Trinajstić information content (AvgIpc) is 1.95. The first-order valence-corrected chi connectivity index (χ1v) is 3.53. The van der Waals surface area contributed by atoms with Gasteiger partial charge in [-0.15, -0.1) is 0 Å². The third kappa shape index (κ3) is 1.70. The Balaban J connectivity index is 2.55. The predicted molar refractivity (Wildman–Crippen MR) is 37.4 cm³/mol. The fourth-order valence-electron chi connectivity index (χ4n) is 0.816. The fourth-order valence-corrected chi connectivity index (χ4v) is 0.816. The zero-order valence-corrected chi connectivity index (χ0v) is 6.66. The number of rotatable bonds is 1. The van der Waals surface area contributed by atoms with Gasteiger partial charge in [0, 0.05) is 0 Å². The van der Waals surface area contributed by atoms with E-state index in [0.717, 1.165) is 0 Å². The first kappa shape index (κ1) is 8.49. The predicted octanol–water partition coefficient (Wildman–Crippen LogP) is 0.265. The van der Waals surface area contributed by atoms with Gasteiger partial charge < -0.3 is 14.6 Å². The first-order valence-electron chi connectivity index (χ1n) is 3.53. The summed E-state index contributed by atoms with van der Waals surface area (Å²) in [5.74, 6) is -0.968. The summed E-state index contributed by atoms with van der Waals surface area (Å²) in [7, 11) is 0. The van der Waals surface area contributed by atoms with E-state index in [-0.39, 0.29) is 12.7 Å². The first-order chi connectivity index (χ1) is 5.04. The number of carboxylic acids is 1. The molecule has 11 heavy (non-hydrogen) atoms. The Bertz CT molecular complexity index is 158. The molecule has 0 amide bonds. The molecule has 64 valence electrons. The minimum atomic E-state index is -1.15. The lowest BCUT2D eigenvalue weighted by molar-refractivity contribution is -0.202. The topological polar surface area (TPSA) is 55.8 Å². The molecule has 0 aromatic heterocycles. The van der Waals surface area contributed by atoms with E-state index in [2.05, 4.69) is 0 Å². The van der Waals surface area contributed by atoms with E-state index in [0.29, 0.717) is 6.61 Å². The Hall–Kier alpha value is -0.610. The van der Waals surface area contributed by atoms with Crippen LogP contribution in [0.2, 0.25) is 0 Å². The Labute approximate surface area is 65.1 Å². The third-order valence-electron chi connectivity index (χ3n) is 1.73. The van der Waals surface area contributed by atoms with Crippen LogP contribution in [-0.2, 0) is 14.3 Å². The van der Waals surface area contributed by atoms with Crippen LogP contribution in [0.1, 0.15) is 13.8 Å². The molecule has 2 atom stereocenters. The van der Waals surface area contributed by atoms with Gasteiger partial charge in [-0.3, -0.25) is 0 Å². The maximum Gasteiger partial charge on any atom is 0.338 e. The molecule has 1 aliphatic rings. The van der Waals surface area contributed by atoms with Crippen molar-refractivity contribution in [1.82, 2.24) is 0 Å². The Morgan fingerprint density at radius 1 is 1.73 bits per heavy atom. The fraction of sp³-hybridized carbons (Fsp3) is 0.857. The Kier molecular flexibility index (Phi) is 2.15. The minimum Gasteiger partial charge on any atom is -0.479 e. The summed E-state index contributed by atoms with van der Waals surface area (Å²) in [6, 6.07) is 0. The smallest absolute Gasteiger partial charge is 0.338 e. The highest BCUT2D eigenvalue weighted by atomic mass is 16.6. The summed E-state index contributed by atoms with van der Waals surface area (Å²) in [6.07, 6.45) is 0.00225. The van der Waals surface area contributed by atoms with Crippen LogP contribution >= 0.6 is 0 Å². The number of ether oxygens (including phenoxy) is 2. The molecule has 1 N–H and O–H groups in total. The molecule has 1 heterocycles. The monoisotopic (exact) mass is 160 g/mol. The molecule has 0 radical (unpaired) electrons. The molecular formula is C7H12O4. The molecule has 0 spiro atoms. The Morgan fingerprint density at radius 3 is 2.73 bits per heavy atom. The van der Waals surface area contributed by atoms with Gasteiger partial charge in [0.25, 0.3) is 0 Å². The summed E-state index contributed by atoms with van der Waals surface area (Å²) < 4.78 is 10.3. The number of hydrogen-bond donors (Lipinski definition) is 1. The highest BCUT2D eigenvalue weighted by molar-refractivity contribution is 5.77. The quantitative estimate of drug-likeness (QED) is 0.598. The molecule has 0 saturated carbocycles. The van der Waals surface area contributed by atoms with Crippen molar-refractivity contribution >= 4 is 5.97 Å². The van der Waals surface area contributed by atoms with E-state index < -0.39 is 11.6 Å². The molecule has 1 rings (SSSR count). The van der Waals surface area contributed by atoms with Crippen molar-refractivity contribution in [3.05, 3.63) is 0 Å². The van der Waals surface area contributed by atoms with Crippen LogP contribution in [0.25, 0.3) is 0 Å². The summed E-state index contributed by atoms with van der Waals surface area (Å²) >= 11 is 0. The highest BCUT2D eigenvalue weighted by Gasteiger charge is 2.38. The molecule has 4 heteroatoms. The Morgan fingerprint density at radius 2 is 2.36 bits per heavy atom. The van der Waals surface area contributed by atoms with Gasteiger partial charge in [0.05, 0.1) is 19.3 Å². The SMILES string of the molecule is CC1COC(C)(C(=O)O)CO1. The van der Waals surface area contributed by atoms with Crippen LogP contribution in [0.5, 0.6) is 0 Å². The van der Waals surface area contributed by atoms with Crippen molar-refractivity contribution in [2.75, 3.05) is 13.2 Å². The van der Waals surface area contributed by atoms with E-state index in [1.54, 1.807) is 0 Å². The second-order valence-electron chi connectivity index (χ2n) is 2.97. The lowest BCUT2D eigenvalue weighted by atomic mass is 10.1. The number of aliphatic carboxylic acids is 1. The van der Waals surface area contributed by atoms with E-state index >= 15 is 0 Å². The van der Waals surface area contributed by atoms with Gasteiger partial charge in [0.15, 0.2) is 5.60 Å². The van der Waals surface area contributed by atoms with Crippen LogP contribution in [0.4, 0.5) is 0 Å². The van der Waals surface area contributed by atoms with Gasteiger partial charge in [-0.1, -0.05) is 0 Å². The molecule has 1 fully saturated rings. The van der Waals surface area contributed by atoms with E-state index in [4.69, 9.17) is 14.6 Å². The van der Waals surface area contributed by atoms with E-state index in [9.17, 15) is 4.79 Å². The lowest BCUT2D eigenvalue weighted by Crippen LogP contribution is -2.49. The molecule has 4 nitrogen and oxygen atoms in total. The standard InChI is InChI=1S/C7H12O4/c1-5-3-11-7(2,4-10-5)6(8)9/h5H,3-4H2,1-2H3,(H,8,9). The highest BCUT2D eigenvalue weighted by Crippen LogP contribution is 2.18. The van der Waals surface area contributed by atoms with E-state index in [1.165, 1.54) is 6.92 Å². The van der Waals surface area contributed by atoms with Crippen molar-refractivity contribution in [2.24, 2.45) is 0 Å². The maximum absolute atomic E-state index is 10.6. The second kappa shape index (κ2) is 2.79. The van der Waals surface area contributed by atoms with Crippen LogP contribution in [0.3, 0.4) is 0 Å². The summed E-state index contributed by atoms with van der Waals surface area (Å²) in [4.78, 5) is 10.6. The van der Waals surface area contributed by atoms with Crippen LogP contribution < -0.4 is 0 Å². The van der Waals surface area contributed by atoms with Crippen LogP contribution in [0, 0.1) is 0 Å². The number of carboxylic acid groups (broad SMARTS) is 1. The molecule has 1 aliphatic heterocycles. The van der Waals surface area contributed by atoms with Crippen LogP contribution in [0.15, 0.2) is 0 Å². The molecule has 0 aromatic carbocycles. The van der Waals surface area contributed by atoms with Crippen LogP contribution in [-0.4, -0.2) is 36.0 Å². The van der Waals surface area contributed by atoms with Gasteiger partial charge >= 0.3 is 5.97 Å². The second-order valence-corrected chi connectivity index (χ2v) is 2.97. The summed E-state index contributed by atoms with van der Waals surface area (Å²) in [5, 5.41) is 8.68. The number of carbonyl (C=O) groups is 1. The zero-order chi connectivity index (χ0) is 8.48. The minimum absolute atomic E-state index is 0.00225. The van der Waals surface area contributed by atoms with Gasteiger partial charge in [-0.2, -0.15) is 0 Å².